The Bertz CT molecular complexity index is 19.2. The summed E-state index contributed by atoms with van der Waals surface area (Å²) in [5.74, 6) is 0. The minimum absolute atomic E-state index is 1.06. The third-order valence-electron chi connectivity index (χ3n) is 0.901. The number of hydrogen-bond donors (Lipinski definition) is 0. The summed E-state index contributed by atoms with van der Waals surface area (Å²) in [6, 6.07) is 0. The molecule has 0 spiro atoms. The van der Waals surface area contributed by atoms with E-state index in [1.165, 1.54) is 19.3 Å². The minimum atomic E-state index is 1.06. The van der Waals surface area contributed by atoms with Crippen LogP contribution in [0.2, 0.25) is 0 Å². The van der Waals surface area contributed by atoms with E-state index in [-0.39, 0.29) is 0 Å². The van der Waals surface area contributed by atoms with Gasteiger partial charge in [0.2, 0.25) is 0 Å². The van der Waals surface area contributed by atoms with Crippen LogP contribution < -0.4 is 0 Å². The van der Waals surface area contributed by atoms with Gasteiger partial charge in [-0.3, -0.25) is 0 Å². The highest BCUT2D eigenvalue weighted by Crippen LogP contribution is 1.98. The van der Waals surface area contributed by atoms with Gasteiger partial charge in [0.05, 0.1) is 13.3 Å². The summed E-state index contributed by atoms with van der Waals surface area (Å²) in [5, 5.41) is 0. The largest absolute Gasteiger partial charge is 0.0853 e. The average Bonchev–Trinajstić information content (AvgIpc) is 1.69. The third kappa shape index (κ3) is 5.87. The quantitative estimate of drug-likeness (QED) is 0.374. The molecule has 0 bridgehead atoms. The van der Waals surface area contributed by atoms with Gasteiger partial charge in [-0.15, -0.1) is 0 Å². The van der Waals surface area contributed by atoms with E-state index >= 15 is 0 Å². The monoisotopic (exact) mass is 98.1 g/mol. The number of hydrogen-bond acceptors (Lipinski definition) is 0. The van der Waals surface area contributed by atoms with Gasteiger partial charge in [-0.25, -0.2) is 0 Å². The lowest BCUT2D eigenvalue weighted by Gasteiger charge is -1.87. The maximum absolute atomic E-state index is 3.73. The van der Waals surface area contributed by atoms with Crippen LogP contribution in [0, 0.1) is 13.3 Å². The Morgan fingerprint density at radius 3 is 2.57 bits per heavy atom. The molecule has 0 aromatic heterocycles. The molecule has 0 aliphatic heterocycles. The minimum Gasteiger partial charge on any atom is -0.0654 e. The molecule has 0 unspecified atom stereocenters. The van der Waals surface area contributed by atoms with Gasteiger partial charge in [-0.05, 0) is 12.8 Å². The van der Waals surface area contributed by atoms with Crippen LogP contribution in [0.4, 0.5) is 0 Å². The van der Waals surface area contributed by atoms with E-state index in [1.807, 2.05) is 0 Å². The van der Waals surface area contributed by atoms with E-state index in [9.17, 15) is 0 Å². The molecule has 0 amide bonds. The van der Waals surface area contributed by atoms with E-state index in [4.69, 9.17) is 0 Å². The first-order valence-electron chi connectivity index (χ1n) is 3.02. The smallest absolute Gasteiger partial charge is 0.0654 e. The summed E-state index contributed by atoms with van der Waals surface area (Å²) in [6.45, 7) is 5.92. The fraction of sp³-hybridized carbons (Fsp3) is 0.714. The molecular weight excluding hydrogens is 84.1 g/mol. The van der Waals surface area contributed by atoms with Crippen molar-refractivity contribution in [1.82, 2.24) is 0 Å². The van der Waals surface area contributed by atoms with Crippen LogP contribution in [0.25, 0.3) is 0 Å². The van der Waals surface area contributed by atoms with Gasteiger partial charge in [0.1, 0.15) is 0 Å². The molecule has 0 aliphatic rings. The van der Waals surface area contributed by atoms with Crippen LogP contribution >= 0.6 is 0 Å². The van der Waals surface area contributed by atoms with Gasteiger partial charge in [0.25, 0.3) is 0 Å². The summed E-state index contributed by atoms with van der Waals surface area (Å²) in [6.07, 6.45) is 7.08. The van der Waals surface area contributed by atoms with Gasteiger partial charge >= 0.3 is 0 Å². The Hall–Kier alpha value is -0.130. The summed E-state index contributed by atoms with van der Waals surface area (Å²) < 4.78 is 0. The van der Waals surface area contributed by atoms with Crippen LogP contribution in [-0.2, 0) is 0 Å². The highest BCUT2D eigenvalue weighted by molar-refractivity contribution is 4.62. The topological polar surface area (TPSA) is 0 Å². The Labute approximate surface area is 46.9 Å². The zero-order valence-electron chi connectivity index (χ0n) is 5.11. The molecule has 0 saturated heterocycles. The second-order valence-electron chi connectivity index (χ2n) is 1.72. The lowest BCUT2D eigenvalue weighted by Crippen LogP contribution is -1.72. The molecule has 0 aliphatic carbocycles. The average molecular weight is 98.2 g/mol. The van der Waals surface area contributed by atoms with Crippen LogP contribution in [0.3, 0.4) is 0 Å². The summed E-state index contributed by atoms with van der Waals surface area (Å²) >= 11 is 0. The van der Waals surface area contributed by atoms with Crippen molar-refractivity contribution in [2.45, 2.75) is 32.6 Å². The van der Waals surface area contributed by atoms with Crippen molar-refractivity contribution in [3.8, 4) is 0 Å². The molecule has 0 nitrogen and oxygen atoms in total. The van der Waals surface area contributed by atoms with E-state index in [1.54, 1.807) is 0 Å². The maximum atomic E-state index is 3.73. The molecule has 1 radical (unpaired) electrons. The van der Waals surface area contributed by atoms with Gasteiger partial charge in [-0.2, -0.15) is 0 Å². The fourth-order valence-corrected chi connectivity index (χ4v) is 0.493. The van der Waals surface area contributed by atoms with Crippen LogP contribution in [0.1, 0.15) is 32.6 Å². The molecule has 0 atom stereocenters. The molecule has 7 heavy (non-hydrogen) atoms. The first kappa shape index (κ1) is 6.87. The van der Waals surface area contributed by atoms with E-state index < -0.39 is 0 Å². The second kappa shape index (κ2) is 5.87. The Balaban J connectivity index is 2.45. The molecule has 0 N–H and O–H groups in total. The molecule has 0 rings (SSSR count). The van der Waals surface area contributed by atoms with Crippen molar-refractivity contribution in [1.29, 1.82) is 0 Å². The highest BCUT2D eigenvalue weighted by Gasteiger charge is 1.84. The van der Waals surface area contributed by atoms with E-state index in [2.05, 4.69) is 20.3 Å². The molecule has 0 aromatic carbocycles. The molecular formula is C7H14+. The fourth-order valence-electron chi connectivity index (χ4n) is 0.493. The molecule has 0 heteroatoms. The Morgan fingerprint density at radius 1 is 1.43 bits per heavy atom. The van der Waals surface area contributed by atoms with E-state index in [0.717, 1.165) is 6.42 Å². The SMILES string of the molecule is [CH2+]CC[CH]CCC. The maximum Gasteiger partial charge on any atom is 0.0853 e. The molecule has 0 fully saturated rings. The standard InChI is InChI=1S/C7H14/c1-3-5-7-6-4-2/h7H,1,3-6H2,2H3/q+1. The van der Waals surface area contributed by atoms with Crippen molar-refractivity contribution < 1.29 is 0 Å². The van der Waals surface area contributed by atoms with Gasteiger partial charge in [-0.1, -0.05) is 19.8 Å². The van der Waals surface area contributed by atoms with Gasteiger partial charge in [0.15, 0.2) is 0 Å². The second-order valence-corrected chi connectivity index (χ2v) is 1.72. The van der Waals surface area contributed by atoms with Crippen molar-refractivity contribution in [3.63, 3.8) is 0 Å². The number of unbranched alkanes of at least 4 members (excludes halogenated alkanes) is 4. The normalized spacial score (nSPS) is 9.29. The van der Waals surface area contributed by atoms with Crippen molar-refractivity contribution >= 4 is 0 Å². The predicted octanol–water partition coefficient (Wildman–Crippen LogP) is 2.61. The van der Waals surface area contributed by atoms with Crippen molar-refractivity contribution in [2.75, 3.05) is 0 Å². The summed E-state index contributed by atoms with van der Waals surface area (Å²) in [4.78, 5) is 0. The molecule has 0 saturated carbocycles. The zero-order chi connectivity index (χ0) is 5.54. The predicted molar refractivity (Wildman–Crippen MR) is 33.8 cm³/mol. The lowest BCUT2D eigenvalue weighted by atomic mass is 10.2. The third-order valence-corrected chi connectivity index (χ3v) is 0.901. The molecule has 0 heterocycles. The highest BCUT2D eigenvalue weighted by atomic mass is 13.9. The summed E-state index contributed by atoms with van der Waals surface area (Å²) in [7, 11) is 0. The van der Waals surface area contributed by atoms with Crippen LogP contribution in [-0.4, -0.2) is 0 Å². The van der Waals surface area contributed by atoms with Crippen molar-refractivity contribution in [2.24, 2.45) is 0 Å². The first-order chi connectivity index (χ1) is 3.41. The van der Waals surface area contributed by atoms with Crippen molar-refractivity contribution in [3.05, 3.63) is 13.3 Å². The lowest BCUT2D eigenvalue weighted by molar-refractivity contribution is 0.821. The Morgan fingerprint density at radius 2 is 2.14 bits per heavy atom. The first-order valence-corrected chi connectivity index (χ1v) is 3.02. The Kier molecular flexibility index (Phi) is 5.76. The summed E-state index contributed by atoms with van der Waals surface area (Å²) in [5.41, 5.74) is 0. The van der Waals surface area contributed by atoms with Crippen LogP contribution in [0.15, 0.2) is 0 Å². The molecule has 41 valence electrons. The number of rotatable bonds is 4. The van der Waals surface area contributed by atoms with Gasteiger partial charge in [0, 0.05) is 0 Å². The van der Waals surface area contributed by atoms with E-state index in [0.29, 0.717) is 0 Å². The molecule has 0 aromatic rings. The zero-order valence-corrected chi connectivity index (χ0v) is 5.11. The van der Waals surface area contributed by atoms with Crippen LogP contribution in [0.5, 0.6) is 0 Å². The van der Waals surface area contributed by atoms with Gasteiger partial charge < -0.3 is 0 Å².